The molecule has 2 amide bonds. The van der Waals surface area contributed by atoms with Crippen LogP contribution in [-0.2, 0) is 22.6 Å². The van der Waals surface area contributed by atoms with Crippen molar-refractivity contribution in [1.29, 1.82) is 0 Å². The van der Waals surface area contributed by atoms with Crippen molar-refractivity contribution >= 4 is 11.8 Å². The minimum absolute atomic E-state index is 0.00594. The number of likely N-dealkylation sites (tertiary alicyclic amines) is 1. The predicted molar refractivity (Wildman–Crippen MR) is 123 cm³/mol. The summed E-state index contributed by atoms with van der Waals surface area (Å²) in [7, 11) is 0. The summed E-state index contributed by atoms with van der Waals surface area (Å²) in [6, 6.07) is 18.5. The summed E-state index contributed by atoms with van der Waals surface area (Å²) in [6.07, 6.45) is 4.14. The van der Waals surface area contributed by atoms with Crippen molar-refractivity contribution < 1.29 is 9.59 Å². The summed E-state index contributed by atoms with van der Waals surface area (Å²) < 4.78 is 1.52. The van der Waals surface area contributed by atoms with Crippen LogP contribution in [0, 0.1) is 5.41 Å². The van der Waals surface area contributed by atoms with Gasteiger partial charge >= 0.3 is 0 Å². The third kappa shape index (κ3) is 4.72. The van der Waals surface area contributed by atoms with Gasteiger partial charge in [-0.3, -0.25) is 9.59 Å². The summed E-state index contributed by atoms with van der Waals surface area (Å²) >= 11 is 0. The maximum atomic E-state index is 13.4. The van der Waals surface area contributed by atoms with E-state index in [-0.39, 0.29) is 24.4 Å². The number of carbonyl (C=O) groups excluding carboxylic acids is 2. The van der Waals surface area contributed by atoms with E-state index < -0.39 is 5.41 Å². The molecule has 0 bridgehead atoms. The Morgan fingerprint density at radius 2 is 1.84 bits per heavy atom. The molecule has 0 spiro atoms. The van der Waals surface area contributed by atoms with Gasteiger partial charge in [-0.05, 0) is 43.4 Å². The Kier molecular flexibility index (Phi) is 6.35. The number of carbonyl (C=O) groups is 2. The standard InChI is InChI=1S/C25H29N5O2/c1-19(2)28-24(32)25(12-13-29(16-25)23(31)15-30-18-26-17-27-30)14-21-10-6-7-11-22(21)20-8-4-3-5-9-20/h3-11,17-19H,12-16H2,1-2H3,(H,28,32). The lowest BCUT2D eigenvalue weighted by molar-refractivity contribution is -0.134. The van der Waals surface area contributed by atoms with Crippen LogP contribution in [-0.4, -0.2) is 50.6 Å². The van der Waals surface area contributed by atoms with Gasteiger partial charge < -0.3 is 10.2 Å². The van der Waals surface area contributed by atoms with Crippen LogP contribution >= 0.6 is 0 Å². The second-order valence-electron chi connectivity index (χ2n) is 8.77. The molecule has 2 heterocycles. The highest BCUT2D eigenvalue weighted by Gasteiger charge is 2.46. The molecule has 7 nitrogen and oxygen atoms in total. The Morgan fingerprint density at radius 1 is 1.09 bits per heavy atom. The van der Waals surface area contributed by atoms with E-state index in [1.165, 1.54) is 17.3 Å². The lowest BCUT2D eigenvalue weighted by Crippen LogP contribution is -2.47. The first-order chi connectivity index (χ1) is 15.5. The highest BCUT2D eigenvalue weighted by molar-refractivity contribution is 5.86. The number of nitrogens with one attached hydrogen (secondary N) is 1. The summed E-state index contributed by atoms with van der Waals surface area (Å²) in [5.41, 5.74) is 2.69. The third-order valence-corrected chi connectivity index (χ3v) is 6.00. The SMILES string of the molecule is CC(C)NC(=O)C1(Cc2ccccc2-c2ccccc2)CCN(C(=O)Cn2cncn2)C1. The lowest BCUT2D eigenvalue weighted by Gasteiger charge is -2.30. The van der Waals surface area contributed by atoms with Gasteiger partial charge in [-0.2, -0.15) is 5.10 Å². The van der Waals surface area contributed by atoms with Crippen molar-refractivity contribution in [2.75, 3.05) is 13.1 Å². The van der Waals surface area contributed by atoms with Gasteiger partial charge in [0.05, 0.1) is 5.41 Å². The van der Waals surface area contributed by atoms with Crippen molar-refractivity contribution in [1.82, 2.24) is 25.0 Å². The van der Waals surface area contributed by atoms with E-state index in [2.05, 4.69) is 39.7 Å². The largest absolute Gasteiger partial charge is 0.353 e. The van der Waals surface area contributed by atoms with Crippen molar-refractivity contribution in [2.45, 2.75) is 39.3 Å². The summed E-state index contributed by atoms with van der Waals surface area (Å²) in [5, 5.41) is 7.14. The second kappa shape index (κ2) is 9.34. The number of benzene rings is 2. The Bertz CT molecular complexity index is 1060. The van der Waals surface area contributed by atoms with Crippen LogP contribution in [0.1, 0.15) is 25.8 Å². The molecule has 166 valence electrons. The van der Waals surface area contributed by atoms with Crippen molar-refractivity contribution in [3.63, 3.8) is 0 Å². The third-order valence-electron chi connectivity index (χ3n) is 6.00. The molecule has 2 aromatic carbocycles. The van der Waals surface area contributed by atoms with Gasteiger partial charge in [0, 0.05) is 19.1 Å². The van der Waals surface area contributed by atoms with E-state index in [0.29, 0.717) is 25.9 Å². The molecule has 0 aliphatic carbocycles. The molecule has 1 saturated heterocycles. The fraction of sp³-hybridized carbons (Fsp3) is 0.360. The minimum atomic E-state index is -0.673. The molecule has 1 unspecified atom stereocenters. The minimum Gasteiger partial charge on any atom is -0.353 e. The quantitative estimate of drug-likeness (QED) is 0.624. The second-order valence-corrected chi connectivity index (χ2v) is 8.77. The topological polar surface area (TPSA) is 80.1 Å². The van der Waals surface area contributed by atoms with E-state index in [1.807, 2.05) is 44.2 Å². The number of aromatic nitrogens is 3. The summed E-state index contributed by atoms with van der Waals surface area (Å²) in [5.74, 6) is -0.0440. The molecule has 0 saturated carbocycles. The molecule has 0 radical (unpaired) electrons. The van der Waals surface area contributed by atoms with Crippen LogP contribution in [0.5, 0.6) is 0 Å². The van der Waals surface area contributed by atoms with Gasteiger partial charge in [0.25, 0.3) is 0 Å². The first-order valence-corrected chi connectivity index (χ1v) is 11.0. The molecule has 1 fully saturated rings. The fourth-order valence-corrected chi connectivity index (χ4v) is 4.40. The number of hydrogen-bond donors (Lipinski definition) is 1. The van der Waals surface area contributed by atoms with Gasteiger partial charge in [0.1, 0.15) is 19.2 Å². The average Bonchev–Trinajstić information content (AvgIpc) is 3.45. The van der Waals surface area contributed by atoms with Gasteiger partial charge in [-0.15, -0.1) is 0 Å². The monoisotopic (exact) mass is 431 g/mol. The molecule has 1 N–H and O–H groups in total. The van der Waals surface area contributed by atoms with Crippen LogP contribution in [0.3, 0.4) is 0 Å². The van der Waals surface area contributed by atoms with Crippen LogP contribution in [0.4, 0.5) is 0 Å². The van der Waals surface area contributed by atoms with Crippen LogP contribution in [0.25, 0.3) is 11.1 Å². The molecule has 32 heavy (non-hydrogen) atoms. The molecular weight excluding hydrogens is 402 g/mol. The van der Waals surface area contributed by atoms with Crippen molar-refractivity contribution in [3.8, 4) is 11.1 Å². The molecule has 4 rings (SSSR count). The molecule has 1 aliphatic rings. The van der Waals surface area contributed by atoms with Crippen molar-refractivity contribution in [2.24, 2.45) is 5.41 Å². The maximum Gasteiger partial charge on any atom is 0.244 e. The Morgan fingerprint density at radius 3 is 2.56 bits per heavy atom. The zero-order chi connectivity index (χ0) is 22.6. The Hall–Kier alpha value is -3.48. The highest BCUT2D eigenvalue weighted by Crippen LogP contribution is 2.37. The Labute approximate surface area is 188 Å². The molecular formula is C25H29N5O2. The van der Waals surface area contributed by atoms with E-state index in [0.717, 1.165) is 16.7 Å². The number of amides is 2. The maximum absolute atomic E-state index is 13.4. The van der Waals surface area contributed by atoms with Gasteiger partial charge in [0.2, 0.25) is 11.8 Å². The first kappa shape index (κ1) is 21.7. The fourth-order valence-electron chi connectivity index (χ4n) is 4.40. The average molecular weight is 432 g/mol. The molecule has 1 aromatic heterocycles. The molecule has 3 aromatic rings. The van der Waals surface area contributed by atoms with E-state index >= 15 is 0 Å². The van der Waals surface area contributed by atoms with E-state index in [1.54, 1.807) is 4.90 Å². The van der Waals surface area contributed by atoms with Gasteiger partial charge in [-0.1, -0.05) is 54.6 Å². The van der Waals surface area contributed by atoms with E-state index in [4.69, 9.17) is 0 Å². The van der Waals surface area contributed by atoms with Gasteiger partial charge in [0.15, 0.2) is 0 Å². The summed E-state index contributed by atoms with van der Waals surface area (Å²) in [6.45, 7) is 5.00. The van der Waals surface area contributed by atoms with Crippen LogP contribution in [0.2, 0.25) is 0 Å². The number of hydrogen-bond acceptors (Lipinski definition) is 4. The van der Waals surface area contributed by atoms with Gasteiger partial charge in [-0.25, -0.2) is 9.67 Å². The lowest BCUT2D eigenvalue weighted by atomic mass is 9.78. The summed E-state index contributed by atoms with van der Waals surface area (Å²) in [4.78, 5) is 32.0. The van der Waals surface area contributed by atoms with Crippen LogP contribution < -0.4 is 5.32 Å². The number of rotatable bonds is 7. The normalized spacial score (nSPS) is 18.2. The smallest absolute Gasteiger partial charge is 0.244 e. The van der Waals surface area contributed by atoms with Crippen LogP contribution in [0.15, 0.2) is 67.3 Å². The molecule has 7 heteroatoms. The zero-order valence-electron chi connectivity index (χ0n) is 18.6. The molecule has 1 atom stereocenters. The van der Waals surface area contributed by atoms with Crippen molar-refractivity contribution in [3.05, 3.63) is 72.8 Å². The molecule has 1 aliphatic heterocycles. The first-order valence-electron chi connectivity index (χ1n) is 11.0. The predicted octanol–water partition coefficient (Wildman–Crippen LogP) is 2.93. The van der Waals surface area contributed by atoms with E-state index in [9.17, 15) is 9.59 Å². The Balaban J connectivity index is 1.61. The zero-order valence-corrected chi connectivity index (χ0v) is 18.6. The number of nitrogens with zero attached hydrogens (tertiary/aromatic N) is 4. The highest BCUT2D eigenvalue weighted by atomic mass is 16.2.